The van der Waals surface area contributed by atoms with Gasteiger partial charge in [0.25, 0.3) is 16.0 Å². The number of rotatable bonds is 8. The lowest BCUT2D eigenvalue weighted by Gasteiger charge is -2.13. The minimum atomic E-state index is -4.70. The standard InChI is InChI=1S/C26H21Cl2N9O4S/c1-14-7-3-5-9-18(14)30-26-32-24(28)31-25(33-26)29-16-11-12-21(42(39,40)41)19(13-16)34-35-22-15(2)36-37(23(22)38)20-10-6-4-8-17(20)27/h3-13,22H,1-2H3,(H,39,40,41)(H2,29,30,31,32,33). The summed E-state index contributed by atoms with van der Waals surface area (Å²) in [6.07, 6.45) is 0. The van der Waals surface area contributed by atoms with Gasteiger partial charge in [0, 0.05) is 11.4 Å². The van der Waals surface area contributed by atoms with Gasteiger partial charge in [-0.2, -0.15) is 43.7 Å². The summed E-state index contributed by atoms with van der Waals surface area (Å²) in [5.74, 6) is -0.336. The second-order valence-corrected chi connectivity index (χ2v) is 11.1. The zero-order chi connectivity index (χ0) is 30.0. The Balaban J connectivity index is 1.42. The third-order valence-electron chi connectivity index (χ3n) is 5.95. The highest BCUT2D eigenvalue weighted by Crippen LogP contribution is 2.32. The number of amides is 1. The minimum absolute atomic E-state index is 0.0397. The molecule has 3 N–H and O–H groups in total. The molecule has 214 valence electrons. The highest BCUT2D eigenvalue weighted by Gasteiger charge is 2.35. The van der Waals surface area contributed by atoms with Crippen molar-refractivity contribution in [2.24, 2.45) is 15.3 Å². The monoisotopic (exact) mass is 625 g/mol. The Labute approximate surface area is 250 Å². The summed E-state index contributed by atoms with van der Waals surface area (Å²) < 4.78 is 33.9. The first kappa shape index (κ1) is 29.0. The number of aromatic nitrogens is 3. The zero-order valence-corrected chi connectivity index (χ0v) is 24.2. The van der Waals surface area contributed by atoms with Gasteiger partial charge in [0.15, 0.2) is 6.04 Å². The first-order chi connectivity index (χ1) is 20.0. The summed E-state index contributed by atoms with van der Waals surface area (Å²) in [4.78, 5) is 25.0. The molecule has 16 heteroatoms. The predicted octanol–water partition coefficient (Wildman–Crippen LogP) is 6.10. The summed E-state index contributed by atoms with van der Waals surface area (Å²) in [6.45, 7) is 3.49. The normalized spacial score (nSPS) is 15.3. The van der Waals surface area contributed by atoms with Gasteiger partial charge in [-0.15, -0.1) is 0 Å². The largest absolute Gasteiger partial charge is 0.324 e. The van der Waals surface area contributed by atoms with Crippen molar-refractivity contribution in [1.29, 1.82) is 0 Å². The fourth-order valence-corrected chi connectivity index (χ4v) is 4.90. The lowest BCUT2D eigenvalue weighted by atomic mass is 10.2. The Morgan fingerprint density at radius 3 is 2.33 bits per heavy atom. The number of hydrogen-bond donors (Lipinski definition) is 3. The molecule has 0 saturated carbocycles. The van der Waals surface area contributed by atoms with E-state index in [1.807, 2.05) is 31.2 Å². The van der Waals surface area contributed by atoms with Crippen LogP contribution in [-0.4, -0.2) is 45.6 Å². The molecule has 1 unspecified atom stereocenters. The van der Waals surface area contributed by atoms with Gasteiger partial charge in [0.1, 0.15) is 10.6 Å². The number of nitrogens with zero attached hydrogens (tertiary/aromatic N) is 7. The van der Waals surface area contributed by atoms with Crippen molar-refractivity contribution >= 4 is 79.6 Å². The number of hydrazone groups is 1. The highest BCUT2D eigenvalue weighted by atomic mass is 35.5. The van der Waals surface area contributed by atoms with Crippen LogP contribution in [0.15, 0.2) is 87.0 Å². The number of aryl methyl sites for hydroxylation is 1. The maximum atomic E-state index is 13.1. The molecule has 0 aliphatic carbocycles. The van der Waals surface area contributed by atoms with Gasteiger partial charge in [-0.3, -0.25) is 9.35 Å². The third kappa shape index (κ3) is 6.36. The molecule has 0 fully saturated rings. The van der Waals surface area contributed by atoms with Gasteiger partial charge in [-0.25, -0.2) is 0 Å². The molecule has 0 bridgehead atoms. The molecule has 3 aromatic carbocycles. The Morgan fingerprint density at radius 1 is 0.929 bits per heavy atom. The number of halogens is 2. The maximum Gasteiger partial charge on any atom is 0.296 e. The van der Waals surface area contributed by atoms with E-state index >= 15 is 0 Å². The quantitative estimate of drug-likeness (QED) is 0.154. The van der Waals surface area contributed by atoms with Gasteiger partial charge in [0.2, 0.25) is 17.2 Å². The Hall–Kier alpha value is -4.50. The van der Waals surface area contributed by atoms with Crippen LogP contribution in [0.25, 0.3) is 0 Å². The predicted molar refractivity (Wildman–Crippen MR) is 159 cm³/mol. The van der Waals surface area contributed by atoms with E-state index in [0.717, 1.165) is 22.3 Å². The van der Waals surface area contributed by atoms with Crippen LogP contribution >= 0.6 is 23.2 Å². The Morgan fingerprint density at radius 2 is 1.62 bits per heavy atom. The maximum absolute atomic E-state index is 13.1. The van der Waals surface area contributed by atoms with E-state index in [2.05, 4.69) is 40.9 Å². The summed E-state index contributed by atoms with van der Waals surface area (Å²) >= 11 is 12.3. The van der Waals surface area contributed by atoms with Crippen LogP contribution in [0.4, 0.5) is 34.6 Å². The van der Waals surface area contributed by atoms with Crippen molar-refractivity contribution < 1.29 is 17.8 Å². The van der Waals surface area contributed by atoms with E-state index in [0.29, 0.717) is 16.4 Å². The fourth-order valence-electron chi connectivity index (χ4n) is 3.92. The SMILES string of the molecule is CC1=NN(c2ccccc2Cl)C(=O)C1N=Nc1cc(Nc2nc(Cl)nc(Nc3ccccc3C)n2)ccc1S(=O)(=O)O. The van der Waals surface area contributed by atoms with E-state index in [-0.39, 0.29) is 28.6 Å². The second-order valence-electron chi connectivity index (χ2n) is 8.93. The summed E-state index contributed by atoms with van der Waals surface area (Å²) in [6, 6.07) is 16.8. The number of azo groups is 1. The molecule has 0 radical (unpaired) electrons. The van der Waals surface area contributed by atoms with Gasteiger partial charge in [-0.1, -0.05) is 41.9 Å². The van der Waals surface area contributed by atoms with Gasteiger partial charge in [-0.05, 0) is 67.4 Å². The molecule has 1 aromatic heterocycles. The lowest BCUT2D eigenvalue weighted by Crippen LogP contribution is -2.29. The molecule has 1 aliphatic rings. The number of carbonyl (C=O) groups excluding carboxylic acids is 1. The molecule has 42 heavy (non-hydrogen) atoms. The summed E-state index contributed by atoms with van der Waals surface area (Å²) in [7, 11) is -4.70. The van der Waals surface area contributed by atoms with E-state index in [1.165, 1.54) is 12.1 Å². The molecule has 1 atom stereocenters. The second kappa shape index (κ2) is 11.8. The van der Waals surface area contributed by atoms with Crippen LogP contribution in [0.2, 0.25) is 10.3 Å². The molecule has 1 amide bonds. The number of benzene rings is 3. The zero-order valence-electron chi connectivity index (χ0n) is 21.9. The molecule has 1 aliphatic heterocycles. The first-order valence-electron chi connectivity index (χ1n) is 12.2. The highest BCUT2D eigenvalue weighted by molar-refractivity contribution is 7.86. The van der Waals surface area contributed by atoms with Gasteiger partial charge >= 0.3 is 0 Å². The summed E-state index contributed by atoms with van der Waals surface area (Å²) in [5, 5.41) is 19.6. The minimum Gasteiger partial charge on any atom is -0.324 e. The van der Waals surface area contributed by atoms with Crippen molar-refractivity contribution in [2.75, 3.05) is 15.6 Å². The van der Waals surface area contributed by atoms with Crippen LogP contribution in [0.1, 0.15) is 12.5 Å². The molecule has 0 spiro atoms. The Kier molecular flexibility index (Phi) is 8.13. The molecule has 0 saturated heterocycles. The average molecular weight is 626 g/mol. The van der Waals surface area contributed by atoms with Crippen LogP contribution in [0.3, 0.4) is 0 Å². The topological polar surface area (TPSA) is 174 Å². The summed E-state index contributed by atoms with van der Waals surface area (Å²) in [5.41, 5.74) is 2.41. The van der Waals surface area contributed by atoms with E-state index in [1.54, 1.807) is 31.2 Å². The Bertz CT molecular complexity index is 1870. The van der Waals surface area contributed by atoms with Crippen molar-refractivity contribution in [3.63, 3.8) is 0 Å². The van der Waals surface area contributed by atoms with Crippen molar-refractivity contribution in [3.8, 4) is 0 Å². The number of nitrogens with one attached hydrogen (secondary N) is 2. The first-order valence-corrected chi connectivity index (χ1v) is 14.4. The fraction of sp³-hybridized carbons (Fsp3) is 0.115. The van der Waals surface area contributed by atoms with E-state index in [9.17, 15) is 17.8 Å². The molecule has 4 aromatic rings. The van der Waals surface area contributed by atoms with Crippen molar-refractivity contribution in [3.05, 3.63) is 82.6 Å². The molecular weight excluding hydrogens is 605 g/mol. The number of carbonyl (C=O) groups is 1. The van der Waals surface area contributed by atoms with Crippen LogP contribution in [-0.2, 0) is 14.9 Å². The van der Waals surface area contributed by atoms with Crippen LogP contribution < -0.4 is 15.6 Å². The smallest absolute Gasteiger partial charge is 0.296 e. The molecule has 13 nitrogen and oxygen atoms in total. The number of anilines is 5. The average Bonchev–Trinajstić information content (AvgIpc) is 3.20. The third-order valence-corrected chi connectivity index (χ3v) is 7.34. The number of para-hydroxylation sites is 2. The lowest BCUT2D eigenvalue weighted by molar-refractivity contribution is -0.117. The van der Waals surface area contributed by atoms with Crippen molar-refractivity contribution in [2.45, 2.75) is 24.8 Å². The van der Waals surface area contributed by atoms with E-state index < -0.39 is 27.0 Å². The van der Waals surface area contributed by atoms with E-state index in [4.69, 9.17) is 23.2 Å². The van der Waals surface area contributed by atoms with Crippen molar-refractivity contribution in [1.82, 2.24) is 15.0 Å². The number of hydrogen-bond acceptors (Lipinski definition) is 11. The molecule has 5 rings (SSSR count). The van der Waals surface area contributed by atoms with Gasteiger partial charge < -0.3 is 10.6 Å². The molecular formula is C26H21Cl2N9O4S. The van der Waals surface area contributed by atoms with Crippen LogP contribution in [0, 0.1) is 6.92 Å². The van der Waals surface area contributed by atoms with Crippen LogP contribution in [0.5, 0.6) is 0 Å². The van der Waals surface area contributed by atoms with Gasteiger partial charge in [0.05, 0.1) is 16.4 Å². The molecule has 2 heterocycles.